The molecule has 0 saturated carbocycles. The summed E-state index contributed by atoms with van der Waals surface area (Å²) in [5, 5.41) is 7.82. The van der Waals surface area contributed by atoms with Crippen LogP contribution in [0.2, 0.25) is 5.02 Å². The molecule has 3 fully saturated rings. The zero-order chi connectivity index (χ0) is 26.1. The number of nitrogen functional groups attached to an aromatic ring is 1. The topological polar surface area (TPSA) is 101 Å². The summed E-state index contributed by atoms with van der Waals surface area (Å²) in [4.78, 5) is 15.7. The number of nitrogens with two attached hydrogens (primary N) is 1. The van der Waals surface area contributed by atoms with Crippen LogP contribution >= 0.6 is 22.9 Å². The predicted octanol–water partition coefficient (Wildman–Crippen LogP) is 4.35. The molecule has 2 unspecified atom stereocenters. The van der Waals surface area contributed by atoms with Crippen LogP contribution in [0.1, 0.15) is 19.8 Å². The minimum atomic E-state index is -0.631. The first-order valence-electron chi connectivity index (χ1n) is 12.8. The Labute approximate surface area is 226 Å². The summed E-state index contributed by atoms with van der Waals surface area (Å²) in [6.07, 6.45) is 2.19. The molecule has 3 aliphatic heterocycles. The van der Waals surface area contributed by atoms with Gasteiger partial charge in [0.2, 0.25) is 0 Å². The summed E-state index contributed by atoms with van der Waals surface area (Å²) >= 11 is 7.75. The fourth-order valence-corrected chi connectivity index (χ4v) is 6.84. The van der Waals surface area contributed by atoms with E-state index in [-0.39, 0.29) is 43.5 Å². The molecular weight excluding hydrogens is 532 g/mol. The van der Waals surface area contributed by atoms with Gasteiger partial charge in [-0.15, -0.1) is 0 Å². The second-order valence-corrected chi connectivity index (χ2v) is 11.9. The molecule has 8 nitrogen and oxygen atoms in total. The van der Waals surface area contributed by atoms with Gasteiger partial charge in [-0.25, -0.2) is 13.8 Å². The van der Waals surface area contributed by atoms with Crippen molar-refractivity contribution in [2.75, 3.05) is 36.9 Å². The van der Waals surface area contributed by atoms with Crippen molar-refractivity contribution in [2.45, 2.75) is 37.9 Å². The van der Waals surface area contributed by atoms with Crippen molar-refractivity contribution in [3.05, 3.63) is 34.9 Å². The number of thiazole rings is 1. The highest BCUT2D eigenvalue weighted by molar-refractivity contribution is 7.22. The third-order valence-electron chi connectivity index (χ3n) is 7.92. The number of hydrogen-bond acceptors (Lipinski definition) is 9. The molecule has 4 aromatic rings. The first-order chi connectivity index (χ1) is 18.4. The Morgan fingerprint density at radius 1 is 1.16 bits per heavy atom. The summed E-state index contributed by atoms with van der Waals surface area (Å²) in [5.41, 5.74) is 6.69. The highest BCUT2D eigenvalue weighted by atomic mass is 35.5. The lowest BCUT2D eigenvalue weighted by molar-refractivity contribution is 0.153. The first kappa shape index (κ1) is 24.2. The van der Waals surface area contributed by atoms with Crippen LogP contribution in [0.25, 0.3) is 32.2 Å². The van der Waals surface area contributed by atoms with E-state index in [0.29, 0.717) is 41.4 Å². The molecule has 0 radical (unpaired) electrons. The predicted molar refractivity (Wildman–Crippen MR) is 146 cm³/mol. The minimum Gasteiger partial charge on any atom is -0.462 e. The van der Waals surface area contributed by atoms with Gasteiger partial charge in [-0.3, -0.25) is 0 Å². The summed E-state index contributed by atoms with van der Waals surface area (Å²) < 4.78 is 37.2. The number of anilines is 2. The average Bonchev–Trinajstić information content (AvgIpc) is 3.45. The van der Waals surface area contributed by atoms with Crippen LogP contribution in [0.3, 0.4) is 0 Å². The number of halogens is 3. The van der Waals surface area contributed by atoms with Gasteiger partial charge >= 0.3 is 6.01 Å². The summed E-state index contributed by atoms with van der Waals surface area (Å²) in [6, 6.07) is 5.46. The molecule has 38 heavy (non-hydrogen) atoms. The number of hydrogen-bond donors (Lipinski definition) is 3. The van der Waals surface area contributed by atoms with E-state index in [1.807, 2.05) is 0 Å². The number of nitrogens with one attached hydrogen (secondary N) is 2. The lowest BCUT2D eigenvalue weighted by Crippen LogP contribution is -2.54. The lowest BCUT2D eigenvalue weighted by Gasteiger charge is -2.35. The van der Waals surface area contributed by atoms with Crippen LogP contribution in [0.5, 0.6) is 6.01 Å². The lowest BCUT2D eigenvalue weighted by atomic mass is 9.95. The SMILES string of the molecule is C[C@@H]1CN[C@@H]1COc1nc(N2CC3CCC(C2)N3)c2cc(Cl)c(-c3ccc(F)c4sc(N)nc34)c(F)c2n1. The fraction of sp³-hybridized carbons (Fsp3) is 0.423. The number of benzene rings is 2. The fourth-order valence-electron chi connectivity index (χ4n) is 5.78. The van der Waals surface area contributed by atoms with E-state index in [1.165, 1.54) is 12.1 Å². The van der Waals surface area contributed by atoms with Crippen molar-refractivity contribution in [1.82, 2.24) is 25.6 Å². The Bertz CT molecular complexity index is 1570. The van der Waals surface area contributed by atoms with Gasteiger partial charge in [-0.1, -0.05) is 29.9 Å². The van der Waals surface area contributed by atoms with Crippen molar-refractivity contribution in [3.8, 4) is 17.1 Å². The number of aromatic nitrogens is 3. The summed E-state index contributed by atoms with van der Waals surface area (Å²) in [7, 11) is 0. The normalized spacial score (nSPS) is 24.8. The van der Waals surface area contributed by atoms with Gasteiger partial charge in [0.05, 0.1) is 15.2 Å². The monoisotopic (exact) mass is 557 g/mol. The second kappa shape index (κ2) is 9.11. The molecule has 5 heterocycles. The molecule has 2 aromatic carbocycles. The molecular formula is C26H26ClF2N7OS. The summed E-state index contributed by atoms with van der Waals surface area (Å²) in [6.45, 7) is 4.97. The molecule has 2 bridgehead atoms. The van der Waals surface area contributed by atoms with Crippen molar-refractivity contribution in [1.29, 1.82) is 0 Å². The third-order valence-corrected chi connectivity index (χ3v) is 9.11. The van der Waals surface area contributed by atoms with Gasteiger partial charge < -0.3 is 26.0 Å². The van der Waals surface area contributed by atoms with Crippen LogP contribution in [0.15, 0.2) is 18.2 Å². The van der Waals surface area contributed by atoms with Gasteiger partial charge in [0.1, 0.15) is 23.8 Å². The van der Waals surface area contributed by atoms with E-state index in [9.17, 15) is 4.39 Å². The van der Waals surface area contributed by atoms with Gasteiger partial charge in [0, 0.05) is 47.7 Å². The molecule has 3 aliphatic rings. The van der Waals surface area contributed by atoms with E-state index in [1.54, 1.807) is 6.07 Å². The highest BCUT2D eigenvalue weighted by Gasteiger charge is 2.35. The molecule has 7 rings (SSSR count). The third kappa shape index (κ3) is 3.95. The van der Waals surface area contributed by atoms with E-state index in [4.69, 9.17) is 27.1 Å². The van der Waals surface area contributed by atoms with Crippen LogP contribution in [0.4, 0.5) is 19.7 Å². The molecule has 0 aliphatic carbocycles. The summed E-state index contributed by atoms with van der Waals surface area (Å²) in [5.74, 6) is -0.0173. The van der Waals surface area contributed by atoms with E-state index in [0.717, 1.165) is 43.8 Å². The van der Waals surface area contributed by atoms with Gasteiger partial charge in [0.25, 0.3) is 0 Å². The van der Waals surface area contributed by atoms with Crippen LogP contribution in [-0.2, 0) is 0 Å². The smallest absolute Gasteiger partial charge is 0.319 e. The largest absolute Gasteiger partial charge is 0.462 e. The minimum absolute atomic E-state index is 0.0970. The van der Waals surface area contributed by atoms with Crippen molar-refractivity contribution in [3.63, 3.8) is 0 Å². The van der Waals surface area contributed by atoms with Gasteiger partial charge in [-0.2, -0.15) is 9.97 Å². The molecule has 4 atom stereocenters. The molecule has 198 valence electrons. The quantitative estimate of drug-likeness (QED) is 0.333. The number of fused-ring (bicyclic) bond motifs is 4. The van der Waals surface area contributed by atoms with Crippen molar-refractivity contribution < 1.29 is 13.5 Å². The van der Waals surface area contributed by atoms with Crippen LogP contribution < -0.4 is 26.0 Å². The molecule has 0 amide bonds. The Morgan fingerprint density at radius 2 is 1.95 bits per heavy atom. The van der Waals surface area contributed by atoms with Crippen LogP contribution in [-0.4, -0.2) is 59.3 Å². The van der Waals surface area contributed by atoms with Crippen molar-refractivity contribution >= 4 is 55.0 Å². The van der Waals surface area contributed by atoms with Crippen LogP contribution in [0, 0.1) is 17.6 Å². The Hall–Kier alpha value is -2.86. The molecule has 4 N–H and O–H groups in total. The Morgan fingerprint density at radius 3 is 2.66 bits per heavy atom. The van der Waals surface area contributed by atoms with E-state index < -0.39 is 11.6 Å². The number of rotatable bonds is 5. The maximum absolute atomic E-state index is 16.5. The molecule has 2 aromatic heterocycles. The maximum atomic E-state index is 16.5. The molecule has 12 heteroatoms. The molecule has 3 saturated heterocycles. The Kier molecular flexibility index (Phi) is 5.80. The zero-order valence-electron chi connectivity index (χ0n) is 20.6. The highest BCUT2D eigenvalue weighted by Crippen LogP contribution is 2.43. The first-order valence-corrected chi connectivity index (χ1v) is 14.0. The number of nitrogens with zero attached hydrogens (tertiary/aromatic N) is 4. The second-order valence-electron chi connectivity index (χ2n) is 10.4. The van der Waals surface area contributed by atoms with Gasteiger partial charge in [0.15, 0.2) is 10.9 Å². The molecule has 0 spiro atoms. The zero-order valence-corrected chi connectivity index (χ0v) is 22.2. The number of ether oxygens (including phenoxy) is 1. The van der Waals surface area contributed by atoms with E-state index in [2.05, 4.69) is 32.4 Å². The number of piperazine rings is 1. The maximum Gasteiger partial charge on any atom is 0.319 e. The van der Waals surface area contributed by atoms with E-state index >= 15 is 4.39 Å². The average molecular weight is 558 g/mol. The standard InChI is InChI=1S/C26H26ClF2N7OS/c1-11-7-31-18(11)10-37-26-34-21-15(24(35-26)36-8-12-2-3-13(9-36)32-12)6-16(27)19(20(21)29)14-4-5-17(28)23-22(14)33-25(30)38-23/h4-6,11-13,18,31-32H,2-3,7-10H2,1H3,(H2,30,33)/t11-,12?,13?,18-/m1/s1. The van der Waals surface area contributed by atoms with Crippen molar-refractivity contribution in [2.24, 2.45) is 5.92 Å². The van der Waals surface area contributed by atoms with Gasteiger partial charge in [-0.05, 0) is 43.5 Å². The Balaban J connectivity index is 1.39.